The summed E-state index contributed by atoms with van der Waals surface area (Å²) in [5.74, 6) is 0.690. The Labute approximate surface area is 100 Å². The molecule has 1 aliphatic heterocycles. The maximum absolute atomic E-state index is 9.77. The number of halogens is 1. The molecule has 0 amide bonds. The number of aliphatic hydroxyl groups excluding tert-OH is 1. The van der Waals surface area contributed by atoms with Gasteiger partial charge in [-0.15, -0.1) is 0 Å². The maximum atomic E-state index is 9.77. The number of hydrogen-bond donors (Lipinski definition) is 1. The van der Waals surface area contributed by atoms with Crippen molar-refractivity contribution in [1.82, 2.24) is 9.97 Å². The fraction of sp³-hybridized carbons (Fsp3) is 0.636. The molecule has 1 saturated heterocycles. The molecule has 0 saturated carbocycles. The second kappa shape index (κ2) is 4.97. The summed E-state index contributed by atoms with van der Waals surface area (Å²) < 4.78 is 0. The summed E-state index contributed by atoms with van der Waals surface area (Å²) in [6, 6.07) is 0.1000. The molecule has 16 heavy (non-hydrogen) atoms. The molecule has 5 heteroatoms. The Morgan fingerprint density at radius 2 is 2.19 bits per heavy atom. The first-order valence-electron chi connectivity index (χ1n) is 5.61. The minimum atomic E-state index is -0.377. The van der Waals surface area contributed by atoms with Crippen LogP contribution in [0.5, 0.6) is 0 Å². The van der Waals surface area contributed by atoms with E-state index in [-0.39, 0.29) is 12.1 Å². The highest BCUT2D eigenvalue weighted by molar-refractivity contribution is 6.31. The fourth-order valence-electron chi connectivity index (χ4n) is 2.23. The van der Waals surface area contributed by atoms with Gasteiger partial charge in [-0.05, 0) is 26.2 Å². The summed E-state index contributed by atoms with van der Waals surface area (Å²) in [5.41, 5.74) is 0. The largest absolute Gasteiger partial charge is 0.391 e. The zero-order chi connectivity index (χ0) is 11.5. The van der Waals surface area contributed by atoms with E-state index in [0.717, 1.165) is 25.8 Å². The topological polar surface area (TPSA) is 49.2 Å². The Hall–Kier alpha value is -0.870. The molecule has 0 bridgehead atoms. The second-order valence-electron chi connectivity index (χ2n) is 4.17. The van der Waals surface area contributed by atoms with Gasteiger partial charge in [-0.3, -0.25) is 0 Å². The van der Waals surface area contributed by atoms with Gasteiger partial charge in [0.2, 0.25) is 0 Å². The molecule has 88 valence electrons. The first-order valence-corrected chi connectivity index (χ1v) is 5.99. The van der Waals surface area contributed by atoms with E-state index in [2.05, 4.69) is 14.9 Å². The van der Waals surface area contributed by atoms with Crippen molar-refractivity contribution in [1.29, 1.82) is 0 Å². The molecule has 0 radical (unpaired) electrons. The summed E-state index contributed by atoms with van der Waals surface area (Å²) in [4.78, 5) is 10.4. The standard InChI is InChI=1S/C11H16ClN3O/c1-8(16)9-4-2-3-7-15(9)11-10(12)13-5-6-14-11/h5-6,8-9,16H,2-4,7H2,1H3/t8-,9-/m0/s1. The first-order chi connectivity index (χ1) is 7.70. The Bertz CT molecular complexity index is 359. The third-order valence-electron chi connectivity index (χ3n) is 3.01. The molecule has 0 spiro atoms. The minimum Gasteiger partial charge on any atom is -0.391 e. The van der Waals surface area contributed by atoms with Crippen LogP contribution in [0.25, 0.3) is 0 Å². The van der Waals surface area contributed by atoms with E-state index < -0.39 is 0 Å². The van der Waals surface area contributed by atoms with E-state index in [9.17, 15) is 5.11 Å². The predicted octanol–water partition coefficient (Wildman–Crippen LogP) is 1.87. The lowest BCUT2D eigenvalue weighted by molar-refractivity contribution is 0.145. The second-order valence-corrected chi connectivity index (χ2v) is 4.53. The van der Waals surface area contributed by atoms with Crippen LogP contribution in [-0.4, -0.2) is 33.8 Å². The van der Waals surface area contributed by atoms with E-state index in [1.807, 2.05) is 6.92 Å². The van der Waals surface area contributed by atoms with Crippen LogP contribution in [0.4, 0.5) is 5.82 Å². The predicted molar refractivity (Wildman–Crippen MR) is 63.7 cm³/mol. The third kappa shape index (κ3) is 2.28. The lowest BCUT2D eigenvalue weighted by Crippen LogP contribution is -2.46. The fourth-order valence-corrected chi connectivity index (χ4v) is 2.44. The molecule has 1 aromatic rings. The summed E-state index contributed by atoms with van der Waals surface area (Å²) in [5, 5.41) is 10.2. The molecule has 1 fully saturated rings. The van der Waals surface area contributed by atoms with Gasteiger partial charge < -0.3 is 10.0 Å². The van der Waals surface area contributed by atoms with Gasteiger partial charge in [-0.1, -0.05) is 11.6 Å². The zero-order valence-corrected chi connectivity index (χ0v) is 10.1. The highest BCUT2D eigenvalue weighted by Gasteiger charge is 2.28. The van der Waals surface area contributed by atoms with Gasteiger partial charge >= 0.3 is 0 Å². The van der Waals surface area contributed by atoms with Crippen LogP contribution >= 0.6 is 11.6 Å². The normalized spacial score (nSPS) is 23.2. The molecule has 0 unspecified atom stereocenters. The number of rotatable bonds is 2. The zero-order valence-electron chi connectivity index (χ0n) is 9.30. The molecular formula is C11H16ClN3O. The number of hydrogen-bond acceptors (Lipinski definition) is 4. The van der Waals surface area contributed by atoms with E-state index in [0.29, 0.717) is 11.0 Å². The first kappa shape index (κ1) is 11.6. The summed E-state index contributed by atoms with van der Waals surface area (Å²) in [7, 11) is 0. The van der Waals surface area contributed by atoms with Crippen LogP contribution in [0, 0.1) is 0 Å². The average Bonchev–Trinajstić information content (AvgIpc) is 2.29. The number of aliphatic hydroxyl groups is 1. The van der Waals surface area contributed by atoms with Gasteiger partial charge in [0.05, 0.1) is 12.1 Å². The molecule has 0 aliphatic carbocycles. The van der Waals surface area contributed by atoms with Crippen molar-refractivity contribution in [2.45, 2.75) is 38.3 Å². The van der Waals surface area contributed by atoms with E-state index in [1.54, 1.807) is 12.4 Å². The molecule has 0 aromatic carbocycles. The van der Waals surface area contributed by atoms with E-state index in [4.69, 9.17) is 11.6 Å². The Kier molecular flexibility index (Phi) is 3.61. The maximum Gasteiger partial charge on any atom is 0.171 e. The van der Waals surface area contributed by atoms with Crippen LogP contribution in [0.1, 0.15) is 26.2 Å². The number of piperidine rings is 1. The summed E-state index contributed by atoms with van der Waals surface area (Å²) in [6.07, 6.45) is 6.06. The van der Waals surface area contributed by atoms with E-state index in [1.165, 1.54) is 0 Å². The number of aromatic nitrogens is 2. The smallest absolute Gasteiger partial charge is 0.171 e. The van der Waals surface area contributed by atoms with Gasteiger partial charge in [0.25, 0.3) is 0 Å². The van der Waals surface area contributed by atoms with Crippen molar-refractivity contribution in [2.75, 3.05) is 11.4 Å². The Morgan fingerprint density at radius 3 is 2.88 bits per heavy atom. The minimum absolute atomic E-state index is 0.1000. The van der Waals surface area contributed by atoms with Crippen molar-refractivity contribution in [3.05, 3.63) is 17.5 Å². The lowest BCUT2D eigenvalue weighted by Gasteiger charge is -2.38. The van der Waals surface area contributed by atoms with Gasteiger partial charge in [0.1, 0.15) is 0 Å². The van der Waals surface area contributed by atoms with Crippen LogP contribution in [0.2, 0.25) is 5.15 Å². The SMILES string of the molecule is C[C@H](O)[C@@H]1CCCCN1c1nccnc1Cl. The van der Waals surface area contributed by atoms with E-state index >= 15 is 0 Å². The van der Waals surface area contributed by atoms with Crippen molar-refractivity contribution in [3.8, 4) is 0 Å². The van der Waals surface area contributed by atoms with Gasteiger partial charge in [-0.2, -0.15) is 0 Å². The van der Waals surface area contributed by atoms with Crippen LogP contribution in [0.15, 0.2) is 12.4 Å². The summed E-state index contributed by atoms with van der Waals surface area (Å²) >= 11 is 6.03. The third-order valence-corrected chi connectivity index (χ3v) is 3.28. The van der Waals surface area contributed by atoms with Crippen molar-refractivity contribution >= 4 is 17.4 Å². The van der Waals surface area contributed by atoms with Crippen LogP contribution in [0.3, 0.4) is 0 Å². The van der Waals surface area contributed by atoms with Crippen LogP contribution < -0.4 is 4.90 Å². The molecule has 2 rings (SSSR count). The highest BCUT2D eigenvalue weighted by Crippen LogP contribution is 2.28. The average molecular weight is 242 g/mol. The van der Waals surface area contributed by atoms with Gasteiger partial charge in [-0.25, -0.2) is 9.97 Å². The summed E-state index contributed by atoms with van der Waals surface area (Å²) in [6.45, 7) is 2.70. The van der Waals surface area contributed by atoms with Crippen molar-refractivity contribution in [2.24, 2.45) is 0 Å². The van der Waals surface area contributed by atoms with Gasteiger partial charge in [0, 0.05) is 18.9 Å². The van der Waals surface area contributed by atoms with Crippen molar-refractivity contribution in [3.63, 3.8) is 0 Å². The number of anilines is 1. The monoisotopic (exact) mass is 241 g/mol. The number of nitrogens with zero attached hydrogens (tertiary/aromatic N) is 3. The molecule has 1 N–H and O–H groups in total. The highest BCUT2D eigenvalue weighted by atomic mass is 35.5. The molecule has 2 heterocycles. The molecule has 1 aromatic heterocycles. The molecule has 1 aliphatic rings. The van der Waals surface area contributed by atoms with Gasteiger partial charge in [0.15, 0.2) is 11.0 Å². The molecule has 4 nitrogen and oxygen atoms in total. The van der Waals surface area contributed by atoms with Crippen LogP contribution in [-0.2, 0) is 0 Å². The van der Waals surface area contributed by atoms with Crippen molar-refractivity contribution < 1.29 is 5.11 Å². The quantitative estimate of drug-likeness (QED) is 0.859. The Morgan fingerprint density at radius 1 is 1.44 bits per heavy atom. The molecule has 2 atom stereocenters. The Balaban J connectivity index is 2.27. The molecular weight excluding hydrogens is 226 g/mol. The lowest BCUT2D eigenvalue weighted by atomic mass is 9.98.